The Balaban J connectivity index is 1.59. The number of nitrogens with one attached hydrogen (secondary N) is 2. The Kier molecular flexibility index (Phi) is 3.80. The van der Waals surface area contributed by atoms with Crippen molar-refractivity contribution < 1.29 is 32.9 Å². The maximum absolute atomic E-state index is 15.3. The van der Waals surface area contributed by atoms with Crippen LogP contribution in [0.3, 0.4) is 0 Å². The molecule has 2 aromatic rings. The fourth-order valence-corrected chi connectivity index (χ4v) is 2.82. The van der Waals surface area contributed by atoms with Gasteiger partial charge < -0.3 is 23.9 Å². The van der Waals surface area contributed by atoms with E-state index in [0.29, 0.717) is 0 Å². The summed E-state index contributed by atoms with van der Waals surface area (Å²) in [6, 6.07) is 1.01. The highest BCUT2D eigenvalue weighted by Crippen LogP contribution is 2.44. The number of nitrogens with zero attached hydrogens (tertiary/aromatic N) is 2. The van der Waals surface area contributed by atoms with Crippen molar-refractivity contribution in [2.45, 2.75) is 24.3 Å². The number of imidazole rings is 1. The van der Waals surface area contributed by atoms with Gasteiger partial charge in [-0.05, 0) is 0 Å². The predicted octanol–water partition coefficient (Wildman–Crippen LogP) is -0.785. The van der Waals surface area contributed by atoms with E-state index in [-0.39, 0.29) is 5.69 Å². The lowest BCUT2D eigenvalue weighted by Gasteiger charge is -2.23. The number of hydrogen-bond donors (Lipinski definition) is 2. The van der Waals surface area contributed by atoms with Crippen LogP contribution in [0.1, 0.15) is 16.7 Å². The van der Waals surface area contributed by atoms with Crippen molar-refractivity contribution in [1.29, 1.82) is 0 Å². The zero-order chi connectivity index (χ0) is 19.2. The number of aromatic nitrogens is 4. The second-order valence-corrected chi connectivity index (χ2v) is 5.72. The summed E-state index contributed by atoms with van der Waals surface area (Å²) in [7, 11) is 0. The van der Waals surface area contributed by atoms with E-state index < -0.39 is 54.3 Å². The van der Waals surface area contributed by atoms with Crippen molar-refractivity contribution in [3.8, 4) is 0 Å². The van der Waals surface area contributed by atoms with Gasteiger partial charge in [0.15, 0.2) is 18.9 Å². The fourth-order valence-electron chi connectivity index (χ4n) is 2.82. The first-order valence-corrected chi connectivity index (χ1v) is 7.58. The van der Waals surface area contributed by atoms with Gasteiger partial charge in [-0.15, -0.1) is 0 Å². The Labute approximate surface area is 147 Å². The molecule has 13 heteroatoms. The molecular formula is C14H11FN4O8. The van der Waals surface area contributed by atoms with Crippen LogP contribution < -0.4 is 11.2 Å². The van der Waals surface area contributed by atoms with Gasteiger partial charge in [0.1, 0.15) is 5.69 Å². The summed E-state index contributed by atoms with van der Waals surface area (Å²) in [5.41, 5.74) is -1.61. The SMILES string of the molecule is O=C1O[C@H]2[C@H](n3ccc(=O)[nH]c3=O)O[C@](F)(COC(=O)c3cnc[nH]3)[C@H]2O1. The van der Waals surface area contributed by atoms with E-state index in [1.54, 1.807) is 0 Å². The Morgan fingerprint density at radius 3 is 2.89 bits per heavy atom. The summed E-state index contributed by atoms with van der Waals surface area (Å²) in [6.07, 6.45) is -2.08. The minimum absolute atomic E-state index is 0.0267. The Bertz CT molecular complexity index is 1000. The van der Waals surface area contributed by atoms with E-state index in [1.807, 2.05) is 4.98 Å². The van der Waals surface area contributed by atoms with Crippen LogP contribution >= 0.6 is 0 Å². The van der Waals surface area contributed by atoms with Crippen LogP contribution in [0.2, 0.25) is 0 Å². The molecule has 2 aliphatic heterocycles. The molecule has 4 rings (SSSR count). The number of esters is 1. The van der Waals surface area contributed by atoms with Crippen molar-refractivity contribution in [1.82, 2.24) is 19.5 Å². The molecule has 0 aromatic carbocycles. The quantitative estimate of drug-likeness (QED) is 0.648. The highest BCUT2D eigenvalue weighted by molar-refractivity contribution is 5.86. The number of carbonyl (C=O) groups excluding carboxylic acids is 2. The molecule has 0 spiro atoms. The van der Waals surface area contributed by atoms with Crippen LogP contribution in [0.25, 0.3) is 0 Å². The lowest BCUT2D eigenvalue weighted by atomic mass is 10.1. The molecule has 27 heavy (non-hydrogen) atoms. The third-order valence-corrected chi connectivity index (χ3v) is 4.02. The molecule has 2 saturated heterocycles. The Morgan fingerprint density at radius 2 is 2.19 bits per heavy atom. The third kappa shape index (κ3) is 2.87. The monoisotopic (exact) mass is 382 g/mol. The molecule has 0 bridgehead atoms. The van der Waals surface area contributed by atoms with Gasteiger partial charge in [0, 0.05) is 12.3 Å². The second-order valence-electron chi connectivity index (χ2n) is 5.72. The molecule has 2 N–H and O–H groups in total. The number of ether oxygens (including phenoxy) is 4. The van der Waals surface area contributed by atoms with Gasteiger partial charge in [0.25, 0.3) is 11.4 Å². The number of H-pyrrole nitrogens is 2. The average molecular weight is 382 g/mol. The molecular weight excluding hydrogens is 371 g/mol. The number of aromatic amines is 2. The summed E-state index contributed by atoms with van der Waals surface area (Å²) < 4.78 is 35.9. The first-order chi connectivity index (χ1) is 12.9. The summed E-state index contributed by atoms with van der Waals surface area (Å²) in [5, 5.41) is 0. The summed E-state index contributed by atoms with van der Waals surface area (Å²) in [6.45, 7) is -0.947. The number of alkyl halides is 1. The third-order valence-electron chi connectivity index (χ3n) is 4.02. The van der Waals surface area contributed by atoms with E-state index in [1.165, 1.54) is 12.5 Å². The Hall–Kier alpha value is -3.48. The topological polar surface area (TPSA) is 155 Å². The van der Waals surface area contributed by atoms with Gasteiger partial charge in [0.2, 0.25) is 6.10 Å². The molecule has 0 aliphatic carbocycles. The van der Waals surface area contributed by atoms with Gasteiger partial charge in [-0.3, -0.25) is 14.3 Å². The molecule has 4 atom stereocenters. The van der Waals surface area contributed by atoms with Gasteiger partial charge in [0.05, 0.1) is 12.5 Å². The van der Waals surface area contributed by atoms with E-state index in [2.05, 4.69) is 9.97 Å². The molecule has 0 radical (unpaired) electrons. The van der Waals surface area contributed by atoms with Gasteiger partial charge in [-0.2, -0.15) is 0 Å². The van der Waals surface area contributed by atoms with Gasteiger partial charge >= 0.3 is 17.8 Å². The minimum Gasteiger partial charge on any atom is -0.455 e. The number of carbonyl (C=O) groups is 2. The summed E-state index contributed by atoms with van der Waals surface area (Å²) in [4.78, 5) is 54.6. The molecule has 2 aliphatic rings. The zero-order valence-corrected chi connectivity index (χ0v) is 13.3. The molecule has 0 unspecified atom stereocenters. The summed E-state index contributed by atoms with van der Waals surface area (Å²) >= 11 is 0. The van der Waals surface area contributed by atoms with E-state index >= 15 is 4.39 Å². The van der Waals surface area contributed by atoms with Crippen LogP contribution in [0, 0.1) is 0 Å². The molecule has 12 nitrogen and oxygen atoms in total. The smallest absolute Gasteiger partial charge is 0.455 e. The lowest BCUT2D eigenvalue weighted by molar-refractivity contribution is -0.211. The maximum atomic E-state index is 15.3. The largest absolute Gasteiger partial charge is 0.509 e. The second kappa shape index (κ2) is 6.05. The number of rotatable bonds is 4. The highest BCUT2D eigenvalue weighted by Gasteiger charge is 2.65. The summed E-state index contributed by atoms with van der Waals surface area (Å²) in [5.74, 6) is -3.70. The molecule has 0 saturated carbocycles. The van der Waals surface area contributed by atoms with Crippen molar-refractivity contribution >= 4 is 12.1 Å². The molecule has 0 amide bonds. The first-order valence-electron chi connectivity index (χ1n) is 7.58. The molecule has 2 aromatic heterocycles. The standard InChI is InChI=1S/C14H11FN4O8/c15-14(4-24-11(21)6-3-16-5-17-6)9-8(25-13(23)26-9)10(27-14)19-2-1-7(20)18-12(19)22/h1-3,5,8-10H,4H2,(H,16,17)(H,18,20,22)/t8-,9+,10-,14-/m1/s1. The van der Waals surface area contributed by atoms with Crippen LogP contribution in [0.5, 0.6) is 0 Å². The van der Waals surface area contributed by atoms with Crippen LogP contribution in [-0.4, -0.2) is 56.3 Å². The van der Waals surface area contributed by atoms with Crippen molar-refractivity contribution in [3.63, 3.8) is 0 Å². The average Bonchev–Trinajstić information content (AvgIpc) is 3.32. The number of halogens is 1. The molecule has 4 heterocycles. The lowest BCUT2D eigenvalue weighted by Crippen LogP contribution is -2.43. The minimum atomic E-state index is -2.78. The van der Waals surface area contributed by atoms with Crippen LogP contribution in [-0.2, 0) is 18.9 Å². The molecule has 2 fully saturated rings. The van der Waals surface area contributed by atoms with Gasteiger partial charge in [-0.1, -0.05) is 0 Å². The number of hydrogen-bond acceptors (Lipinski definition) is 9. The van der Waals surface area contributed by atoms with E-state index in [0.717, 1.165) is 16.8 Å². The number of fused-ring (bicyclic) bond motifs is 1. The first kappa shape index (κ1) is 17.0. The normalized spacial score (nSPS) is 29.1. The maximum Gasteiger partial charge on any atom is 0.509 e. The Morgan fingerprint density at radius 1 is 1.37 bits per heavy atom. The molecule has 142 valence electrons. The van der Waals surface area contributed by atoms with Crippen molar-refractivity contribution in [2.24, 2.45) is 0 Å². The predicted molar refractivity (Wildman–Crippen MR) is 79.3 cm³/mol. The zero-order valence-electron chi connectivity index (χ0n) is 13.3. The van der Waals surface area contributed by atoms with Crippen molar-refractivity contribution in [2.75, 3.05) is 6.61 Å². The van der Waals surface area contributed by atoms with E-state index in [9.17, 15) is 19.2 Å². The van der Waals surface area contributed by atoms with Crippen LogP contribution in [0.15, 0.2) is 34.4 Å². The van der Waals surface area contributed by atoms with Gasteiger partial charge in [-0.25, -0.2) is 23.8 Å². The van der Waals surface area contributed by atoms with E-state index in [4.69, 9.17) is 18.9 Å². The van der Waals surface area contributed by atoms with Crippen LogP contribution in [0.4, 0.5) is 9.18 Å². The fraction of sp³-hybridized carbons (Fsp3) is 0.357. The highest BCUT2D eigenvalue weighted by atomic mass is 19.2. The van der Waals surface area contributed by atoms with Crippen molar-refractivity contribution in [3.05, 3.63) is 51.3 Å².